The van der Waals surface area contributed by atoms with Crippen molar-refractivity contribution in [1.29, 1.82) is 0 Å². The van der Waals surface area contributed by atoms with E-state index in [9.17, 15) is 13.5 Å². The lowest BCUT2D eigenvalue weighted by atomic mass is 10.4. The van der Waals surface area contributed by atoms with E-state index in [1.54, 1.807) is 23.6 Å². The quantitative estimate of drug-likeness (QED) is 0.763. The van der Waals surface area contributed by atoms with Crippen LogP contribution in [0.4, 0.5) is 0 Å². The summed E-state index contributed by atoms with van der Waals surface area (Å²) in [7, 11) is -3.55. The molecule has 2 heterocycles. The van der Waals surface area contributed by atoms with Gasteiger partial charge in [0.25, 0.3) is 0 Å². The first kappa shape index (κ1) is 15.2. The molecule has 2 rings (SSSR count). The predicted octanol–water partition coefficient (Wildman–Crippen LogP) is 1.20. The molecule has 0 saturated carbocycles. The van der Waals surface area contributed by atoms with Gasteiger partial charge in [0, 0.05) is 6.54 Å². The number of hydrogen-bond acceptors (Lipinski definition) is 6. The molecule has 6 nitrogen and oxygen atoms in total. The zero-order valence-corrected chi connectivity index (χ0v) is 12.2. The number of ether oxygens (including phenoxy) is 1. The van der Waals surface area contributed by atoms with E-state index in [0.29, 0.717) is 5.76 Å². The van der Waals surface area contributed by atoms with Gasteiger partial charge >= 0.3 is 0 Å². The summed E-state index contributed by atoms with van der Waals surface area (Å²) in [6.45, 7) is 0.160. The number of sulfonamides is 1. The van der Waals surface area contributed by atoms with E-state index >= 15 is 0 Å². The Bertz CT molecular complexity index is 592. The summed E-state index contributed by atoms with van der Waals surface area (Å²) < 4.78 is 36.4. The highest BCUT2D eigenvalue weighted by molar-refractivity contribution is 7.91. The predicted molar refractivity (Wildman–Crippen MR) is 73.9 cm³/mol. The number of hydrogen-bond donors (Lipinski definition) is 2. The van der Waals surface area contributed by atoms with E-state index < -0.39 is 16.1 Å². The number of aliphatic hydroxyl groups excluding tert-OH is 1. The van der Waals surface area contributed by atoms with E-state index in [0.717, 1.165) is 11.3 Å². The van der Waals surface area contributed by atoms with E-state index in [1.807, 2.05) is 0 Å². The van der Waals surface area contributed by atoms with Crippen LogP contribution in [0.2, 0.25) is 0 Å². The monoisotopic (exact) mass is 317 g/mol. The van der Waals surface area contributed by atoms with Crippen LogP contribution in [0.3, 0.4) is 0 Å². The molecule has 20 heavy (non-hydrogen) atoms. The second-order valence-corrected chi connectivity index (χ2v) is 6.97. The Morgan fingerprint density at radius 2 is 2.25 bits per heavy atom. The summed E-state index contributed by atoms with van der Waals surface area (Å²) in [4.78, 5) is 0. The minimum absolute atomic E-state index is 0.0215. The molecule has 0 bridgehead atoms. The minimum atomic E-state index is -3.55. The third-order valence-electron chi connectivity index (χ3n) is 2.40. The van der Waals surface area contributed by atoms with Crippen LogP contribution in [0, 0.1) is 0 Å². The summed E-state index contributed by atoms with van der Waals surface area (Å²) in [6.07, 6.45) is 0.615. The van der Waals surface area contributed by atoms with Gasteiger partial charge in [0.15, 0.2) is 0 Å². The lowest BCUT2D eigenvalue weighted by molar-refractivity contribution is 0.0249. The molecular weight excluding hydrogens is 302 g/mol. The van der Waals surface area contributed by atoms with Gasteiger partial charge in [0.05, 0.1) is 19.0 Å². The van der Waals surface area contributed by atoms with Gasteiger partial charge in [-0.25, -0.2) is 13.1 Å². The summed E-state index contributed by atoms with van der Waals surface area (Å²) >= 11 is 1.12. The second kappa shape index (κ2) is 7.00. The molecule has 0 aliphatic heterocycles. The van der Waals surface area contributed by atoms with E-state index in [1.165, 1.54) is 12.3 Å². The fourth-order valence-corrected chi connectivity index (χ4v) is 3.55. The van der Waals surface area contributed by atoms with Crippen LogP contribution < -0.4 is 4.72 Å². The molecule has 8 heteroatoms. The molecule has 2 aromatic heterocycles. The molecule has 110 valence electrons. The first-order chi connectivity index (χ1) is 9.58. The molecule has 2 N–H and O–H groups in total. The Labute approximate surface area is 121 Å². The molecule has 0 aromatic carbocycles. The smallest absolute Gasteiger partial charge is 0.250 e. The SMILES string of the molecule is O=S(=O)(NC[C@H](O)COCc1ccco1)c1cccs1. The summed E-state index contributed by atoms with van der Waals surface area (Å²) in [5, 5.41) is 11.3. The zero-order chi connectivity index (χ0) is 14.4. The highest BCUT2D eigenvalue weighted by Gasteiger charge is 2.16. The number of thiophene rings is 1. The van der Waals surface area contributed by atoms with Crippen LogP contribution >= 0.6 is 11.3 Å². The van der Waals surface area contributed by atoms with Crippen molar-refractivity contribution in [2.75, 3.05) is 13.2 Å². The minimum Gasteiger partial charge on any atom is -0.467 e. The van der Waals surface area contributed by atoms with Gasteiger partial charge in [-0.1, -0.05) is 6.07 Å². The van der Waals surface area contributed by atoms with Gasteiger partial charge in [0.1, 0.15) is 16.6 Å². The highest BCUT2D eigenvalue weighted by atomic mass is 32.2. The first-order valence-corrected chi connectivity index (χ1v) is 8.25. The number of rotatable bonds is 8. The molecule has 0 amide bonds. The number of nitrogens with one attached hydrogen (secondary N) is 1. The van der Waals surface area contributed by atoms with Crippen LogP contribution in [-0.2, 0) is 21.4 Å². The highest BCUT2D eigenvalue weighted by Crippen LogP contribution is 2.15. The van der Waals surface area contributed by atoms with Gasteiger partial charge in [-0.15, -0.1) is 11.3 Å². The van der Waals surface area contributed by atoms with Crippen LogP contribution in [0.15, 0.2) is 44.5 Å². The van der Waals surface area contributed by atoms with Gasteiger partial charge < -0.3 is 14.3 Å². The van der Waals surface area contributed by atoms with Gasteiger partial charge in [0.2, 0.25) is 10.0 Å². The molecule has 0 unspecified atom stereocenters. The zero-order valence-electron chi connectivity index (χ0n) is 10.6. The van der Waals surface area contributed by atoms with Crippen LogP contribution in [0.25, 0.3) is 0 Å². The van der Waals surface area contributed by atoms with Gasteiger partial charge in [-0.05, 0) is 23.6 Å². The summed E-state index contributed by atoms with van der Waals surface area (Å²) in [5.41, 5.74) is 0. The summed E-state index contributed by atoms with van der Waals surface area (Å²) in [6, 6.07) is 6.66. The van der Waals surface area contributed by atoms with Crippen molar-refractivity contribution in [2.45, 2.75) is 16.9 Å². The third-order valence-corrected chi connectivity index (χ3v) is 5.22. The van der Waals surface area contributed by atoms with Crippen molar-refractivity contribution in [3.63, 3.8) is 0 Å². The summed E-state index contributed by atoms with van der Waals surface area (Å²) in [5.74, 6) is 0.649. The van der Waals surface area contributed by atoms with Gasteiger partial charge in [-0.2, -0.15) is 0 Å². The largest absolute Gasteiger partial charge is 0.467 e. The van der Waals surface area contributed by atoms with Crippen LogP contribution in [0.5, 0.6) is 0 Å². The average Bonchev–Trinajstić information content (AvgIpc) is 3.09. The maximum atomic E-state index is 11.8. The van der Waals surface area contributed by atoms with Crippen molar-refractivity contribution in [2.24, 2.45) is 0 Å². The molecular formula is C12H15NO5S2. The van der Waals surface area contributed by atoms with Crippen molar-refractivity contribution >= 4 is 21.4 Å². The molecule has 0 aliphatic rings. The molecule has 0 spiro atoms. The average molecular weight is 317 g/mol. The van der Waals surface area contributed by atoms with Crippen molar-refractivity contribution < 1.29 is 22.7 Å². The molecule has 0 aliphatic carbocycles. The second-order valence-electron chi connectivity index (χ2n) is 4.03. The van der Waals surface area contributed by atoms with E-state index in [2.05, 4.69) is 4.72 Å². The third kappa shape index (κ3) is 4.43. The standard InChI is InChI=1S/C12H15NO5S2/c14-10(8-17-9-11-3-1-5-18-11)7-13-20(15,16)12-4-2-6-19-12/h1-6,10,13-14H,7-9H2/t10-/m0/s1. The van der Waals surface area contributed by atoms with Gasteiger partial charge in [-0.3, -0.25) is 0 Å². The number of aliphatic hydroxyl groups is 1. The lowest BCUT2D eigenvalue weighted by Gasteiger charge is -2.11. The van der Waals surface area contributed by atoms with Crippen molar-refractivity contribution in [1.82, 2.24) is 4.72 Å². The first-order valence-electron chi connectivity index (χ1n) is 5.89. The topological polar surface area (TPSA) is 88.8 Å². The lowest BCUT2D eigenvalue weighted by Crippen LogP contribution is -2.34. The maximum absolute atomic E-state index is 11.8. The Hall–Kier alpha value is -1.19. The normalized spacial score (nSPS) is 13.4. The van der Waals surface area contributed by atoms with Crippen molar-refractivity contribution in [3.8, 4) is 0 Å². The van der Waals surface area contributed by atoms with Crippen LogP contribution in [0.1, 0.15) is 5.76 Å². The van der Waals surface area contributed by atoms with Crippen LogP contribution in [-0.4, -0.2) is 32.8 Å². The Morgan fingerprint density at radius 1 is 1.40 bits per heavy atom. The Balaban J connectivity index is 1.71. The fourth-order valence-electron chi connectivity index (χ4n) is 1.44. The Morgan fingerprint density at radius 3 is 2.90 bits per heavy atom. The molecule has 0 saturated heterocycles. The van der Waals surface area contributed by atoms with Crippen molar-refractivity contribution in [3.05, 3.63) is 41.7 Å². The maximum Gasteiger partial charge on any atom is 0.250 e. The molecule has 1 atom stereocenters. The number of furan rings is 1. The molecule has 2 aromatic rings. The fraction of sp³-hybridized carbons (Fsp3) is 0.333. The van der Waals surface area contributed by atoms with E-state index in [4.69, 9.17) is 9.15 Å². The van der Waals surface area contributed by atoms with E-state index in [-0.39, 0.29) is 24.0 Å². The molecule has 0 fully saturated rings. The Kier molecular flexibility index (Phi) is 5.32. The molecule has 0 radical (unpaired) electrons.